The summed E-state index contributed by atoms with van der Waals surface area (Å²) in [6, 6.07) is 2.06. The zero-order valence-corrected chi connectivity index (χ0v) is 28.6. The van der Waals surface area contributed by atoms with Gasteiger partial charge in [0.1, 0.15) is 6.10 Å². The predicted molar refractivity (Wildman–Crippen MR) is 181 cm³/mol. The van der Waals surface area contributed by atoms with E-state index < -0.39 is 10.8 Å². The summed E-state index contributed by atoms with van der Waals surface area (Å²) < 4.78 is 30.4. The fraction of sp³-hybridized carbons (Fsp3) is 0.794. The van der Waals surface area contributed by atoms with Crippen LogP contribution in [0, 0.1) is 0 Å². The average molecular weight is 638 g/mol. The van der Waals surface area contributed by atoms with Crippen LogP contribution in [0.3, 0.4) is 0 Å². The highest BCUT2D eigenvalue weighted by Gasteiger charge is 2.16. The summed E-state index contributed by atoms with van der Waals surface area (Å²) in [6.07, 6.45) is 29.2. The third-order valence-electron chi connectivity index (χ3n) is 7.46. The lowest BCUT2D eigenvalue weighted by molar-refractivity contribution is 0.0538. The Hall–Kier alpha value is -1.42. The van der Waals surface area contributed by atoms with E-state index >= 15 is 0 Å². The molecule has 7 nitrogen and oxygen atoms in total. The minimum Gasteiger partial charge on any atom is -0.457 e. The van der Waals surface area contributed by atoms with E-state index in [1.807, 2.05) is 11.6 Å². The van der Waals surface area contributed by atoms with E-state index in [4.69, 9.17) is 14.2 Å². The number of unbranched alkanes of at least 4 members (excludes halogenated alkanes) is 15. The van der Waals surface area contributed by atoms with E-state index in [-0.39, 0.29) is 6.10 Å². The molecule has 0 bridgehead atoms. The fourth-order valence-electron chi connectivity index (χ4n) is 5.00. The molecule has 0 aliphatic carbocycles. The molecule has 0 amide bonds. The van der Waals surface area contributed by atoms with Crippen molar-refractivity contribution < 1.29 is 18.4 Å². The maximum Gasteiger partial charge on any atom is 0.316 e. The van der Waals surface area contributed by atoms with Crippen LogP contribution in [0.15, 0.2) is 30.0 Å². The van der Waals surface area contributed by atoms with Crippen molar-refractivity contribution in [1.82, 2.24) is 15.0 Å². The van der Waals surface area contributed by atoms with Crippen LogP contribution in [0.4, 0.5) is 0 Å². The van der Waals surface area contributed by atoms with Gasteiger partial charge in [0.05, 0.1) is 17.4 Å². The summed E-state index contributed by atoms with van der Waals surface area (Å²) in [7, 11) is -1.02. The second-order valence-corrected chi connectivity index (χ2v) is 14.1. The van der Waals surface area contributed by atoms with Gasteiger partial charge in [0.15, 0.2) is 0 Å². The molecular weight excluding hydrogens is 579 g/mol. The normalized spacial score (nSPS) is 12.9. The minimum absolute atomic E-state index is 0.305. The highest BCUT2D eigenvalue weighted by atomic mass is 32.2. The number of ether oxygens (including phenoxy) is 3. The Morgan fingerprint density at radius 1 is 0.698 bits per heavy atom. The Labute approximate surface area is 268 Å². The molecule has 0 radical (unpaired) electrons. The third-order valence-corrected chi connectivity index (χ3v) is 9.78. The number of hydrogen-bond donors (Lipinski definition) is 0. The summed E-state index contributed by atoms with van der Waals surface area (Å²) in [5.41, 5.74) is 0. The molecule has 2 aromatic rings. The van der Waals surface area contributed by atoms with Gasteiger partial charge in [-0.25, -0.2) is 15.0 Å². The molecule has 0 saturated heterocycles. The second-order valence-electron chi connectivity index (χ2n) is 11.5. The van der Waals surface area contributed by atoms with Gasteiger partial charge in [-0.3, -0.25) is 4.21 Å². The van der Waals surface area contributed by atoms with Crippen LogP contribution < -0.4 is 4.74 Å². The van der Waals surface area contributed by atoms with Gasteiger partial charge in [0.25, 0.3) is 0 Å². The fourth-order valence-corrected chi connectivity index (χ4v) is 6.84. The molecule has 2 aromatic heterocycles. The first-order valence-electron chi connectivity index (χ1n) is 17.1. The van der Waals surface area contributed by atoms with Gasteiger partial charge >= 0.3 is 6.01 Å². The van der Waals surface area contributed by atoms with Crippen LogP contribution in [-0.4, -0.2) is 63.2 Å². The van der Waals surface area contributed by atoms with Gasteiger partial charge in [-0.1, -0.05) is 103 Å². The maximum atomic E-state index is 12.8. The predicted octanol–water partition coefficient (Wildman–Crippen LogP) is 8.75. The number of hydrogen-bond acceptors (Lipinski definition) is 8. The molecule has 0 fully saturated rings. The topological polar surface area (TPSA) is 83.4 Å². The molecule has 2 rings (SSSR count). The van der Waals surface area contributed by atoms with Crippen LogP contribution >= 0.6 is 11.3 Å². The van der Waals surface area contributed by atoms with Crippen molar-refractivity contribution in [2.45, 2.75) is 135 Å². The highest BCUT2D eigenvalue weighted by Crippen LogP contribution is 2.14. The summed E-state index contributed by atoms with van der Waals surface area (Å²) in [5.74, 6) is 0.988. The lowest BCUT2D eigenvalue weighted by Crippen LogP contribution is -2.31. The summed E-state index contributed by atoms with van der Waals surface area (Å²) in [5, 5.41) is 3.15. The van der Waals surface area contributed by atoms with Gasteiger partial charge in [-0.2, -0.15) is 0 Å². The number of rotatable bonds is 31. The average Bonchev–Trinajstić information content (AvgIpc) is 3.54. The zero-order chi connectivity index (χ0) is 30.5. The summed E-state index contributed by atoms with van der Waals surface area (Å²) >= 11 is 1.68. The summed E-state index contributed by atoms with van der Waals surface area (Å²) in [4.78, 5) is 12.6. The quantitative estimate of drug-likeness (QED) is 0.0765. The Bertz CT molecular complexity index is 874. The standard InChI is InChI=1S/C34H59N3O4S2/c1-2-3-4-5-6-7-8-9-10-11-12-13-14-15-16-17-25-40-30-32(41-34-36-22-19-23-37-34)31-43(38)29-20-27-39-26-18-21-33-35-24-28-42-33/h19,22-24,28,32H,2-18,20-21,25-27,29-31H2,1H3. The zero-order valence-electron chi connectivity index (χ0n) is 26.9. The first-order valence-corrected chi connectivity index (χ1v) is 19.5. The lowest BCUT2D eigenvalue weighted by Gasteiger charge is -2.17. The Balaban J connectivity index is 1.45. The van der Waals surface area contributed by atoms with Crippen molar-refractivity contribution in [3.63, 3.8) is 0 Å². The van der Waals surface area contributed by atoms with E-state index in [9.17, 15) is 4.21 Å². The first kappa shape index (κ1) is 37.8. The van der Waals surface area contributed by atoms with Crippen molar-refractivity contribution >= 4 is 22.1 Å². The van der Waals surface area contributed by atoms with Gasteiger partial charge in [0, 0.05) is 66.8 Å². The molecule has 9 heteroatoms. The van der Waals surface area contributed by atoms with Crippen LogP contribution in [0.1, 0.15) is 128 Å². The SMILES string of the molecule is CCCCCCCCCCCCCCCCCCOCC(CS(=O)CCCOCCCc1nccs1)Oc1ncccn1. The van der Waals surface area contributed by atoms with Crippen molar-refractivity contribution in [3.8, 4) is 6.01 Å². The lowest BCUT2D eigenvalue weighted by atomic mass is 10.0. The monoisotopic (exact) mass is 637 g/mol. The smallest absolute Gasteiger partial charge is 0.316 e. The van der Waals surface area contributed by atoms with Gasteiger partial charge < -0.3 is 14.2 Å². The maximum absolute atomic E-state index is 12.8. The number of aryl methyl sites for hydroxylation is 1. The van der Waals surface area contributed by atoms with Crippen LogP contribution in [0.25, 0.3) is 0 Å². The molecule has 246 valence electrons. The van der Waals surface area contributed by atoms with Crippen LogP contribution in [0.5, 0.6) is 6.01 Å². The summed E-state index contributed by atoms with van der Waals surface area (Å²) in [6.45, 7) is 4.71. The molecule has 0 aromatic carbocycles. The van der Waals surface area contributed by atoms with E-state index in [0.717, 1.165) is 30.7 Å². The Kier molecular flexibility index (Phi) is 24.7. The van der Waals surface area contributed by atoms with Gasteiger partial charge in [0.2, 0.25) is 0 Å². The molecule has 0 aliphatic rings. The van der Waals surface area contributed by atoms with Gasteiger partial charge in [-0.15, -0.1) is 11.3 Å². The molecule has 43 heavy (non-hydrogen) atoms. The van der Waals surface area contributed by atoms with E-state index in [0.29, 0.717) is 43.9 Å². The molecular formula is C34H59N3O4S2. The molecule has 0 saturated carbocycles. The van der Waals surface area contributed by atoms with Crippen molar-refractivity contribution in [2.24, 2.45) is 0 Å². The van der Waals surface area contributed by atoms with Crippen molar-refractivity contribution in [1.29, 1.82) is 0 Å². The highest BCUT2D eigenvalue weighted by molar-refractivity contribution is 7.85. The van der Waals surface area contributed by atoms with E-state index in [2.05, 4.69) is 21.9 Å². The number of aromatic nitrogens is 3. The van der Waals surface area contributed by atoms with Crippen LogP contribution in [0.2, 0.25) is 0 Å². The van der Waals surface area contributed by atoms with Gasteiger partial charge in [-0.05, 0) is 25.3 Å². The largest absolute Gasteiger partial charge is 0.457 e. The first-order chi connectivity index (χ1) is 21.3. The Morgan fingerprint density at radius 3 is 1.88 bits per heavy atom. The van der Waals surface area contributed by atoms with E-state index in [1.54, 1.807) is 29.8 Å². The number of thiazole rings is 1. The molecule has 2 atom stereocenters. The molecule has 2 heterocycles. The third kappa shape index (κ3) is 22.7. The van der Waals surface area contributed by atoms with Crippen molar-refractivity contribution in [2.75, 3.05) is 37.9 Å². The molecule has 0 N–H and O–H groups in total. The molecule has 0 spiro atoms. The number of nitrogens with zero attached hydrogens (tertiary/aromatic N) is 3. The second kappa shape index (κ2) is 28.1. The molecule has 2 unspecified atom stereocenters. The molecule has 0 aliphatic heterocycles. The van der Waals surface area contributed by atoms with Crippen LogP contribution in [-0.2, 0) is 26.7 Å². The Morgan fingerprint density at radius 2 is 1.28 bits per heavy atom. The van der Waals surface area contributed by atoms with E-state index in [1.165, 1.54) is 96.3 Å². The van der Waals surface area contributed by atoms with Crippen molar-refractivity contribution in [3.05, 3.63) is 35.0 Å². The minimum atomic E-state index is -1.02.